The van der Waals surface area contributed by atoms with Crippen LogP contribution in [0.3, 0.4) is 0 Å². The molecule has 138 valence electrons. The van der Waals surface area contributed by atoms with Crippen molar-refractivity contribution in [3.8, 4) is 0 Å². The second-order valence-corrected chi connectivity index (χ2v) is 7.10. The topological polar surface area (TPSA) is 58.4 Å². The molecule has 0 saturated carbocycles. The number of hydrogen-bond acceptors (Lipinski definition) is 3. The number of carbonyl (C=O) groups excluding carboxylic acids is 2. The summed E-state index contributed by atoms with van der Waals surface area (Å²) in [7, 11) is 1.76. The molecule has 2 aromatic rings. The fraction of sp³-hybridized carbons (Fsp3) is 0.421. The van der Waals surface area contributed by atoms with Crippen LogP contribution in [0, 0.1) is 0 Å². The first-order valence-electron chi connectivity index (χ1n) is 8.80. The summed E-state index contributed by atoms with van der Waals surface area (Å²) in [6.45, 7) is 4.50. The van der Waals surface area contributed by atoms with Gasteiger partial charge in [0.1, 0.15) is 12.2 Å². The summed E-state index contributed by atoms with van der Waals surface area (Å²) in [5.74, 6) is -0.274. The number of amides is 2. The van der Waals surface area contributed by atoms with E-state index in [9.17, 15) is 9.59 Å². The number of rotatable bonds is 4. The summed E-state index contributed by atoms with van der Waals surface area (Å²) >= 11 is 6.04. The third-order valence-corrected chi connectivity index (χ3v) is 4.86. The molecule has 1 aliphatic heterocycles. The lowest BCUT2D eigenvalue weighted by Gasteiger charge is -2.39. The van der Waals surface area contributed by atoms with Crippen molar-refractivity contribution < 1.29 is 9.59 Å². The zero-order chi connectivity index (χ0) is 18.8. The zero-order valence-corrected chi connectivity index (χ0v) is 16.0. The normalized spacial score (nSPS) is 17.7. The number of anilines is 1. The van der Waals surface area contributed by atoms with Crippen LogP contribution in [-0.2, 0) is 18.3 Å². The molecule has 2 heterocycles. The van der Waals surface area contributed by atoms with Gasteiger partial charge in [-0.2, -0.15) is 5.10 Å². The number of piperazine rings is 1. The Bertz CT molecular complexity index is 833. The number of aromatic nitrogens is 2. The van der Waals surface area contributed by atoms with Gasteiger partial charge in [-0.25, -0.2) is 0 Å². The molecule has 1 aromatic carbocycles. The highest BCUT2D eigenvalue weighted by molar-refractivity contribution is 6.30. The van der Waals surface area contributed by atoms with Crippen molar-refractivity contribution >= 4 is 29.1 Å². The molecule has 3 rings (SSSR count). The van der Waals surface area contributed by atoms with Gasteiger partial charge in [-0.15, -0.1) is 0 Å². The first-order valence-corrected chi connectivity index (χ1v) is 9.18. The summed E-state index contributed by atoms with van der Waals surface area (Å²) in [5.41, 5.74) is 2.17. The molecule has 1 atom stereocenters. The van der Waals surface area contributed by atoms with Crippen LogP contribution >= 0.6 is 11.6 Å². The van der Waals surface area contributed by atoms with Crippen molar-refractivity contribution in [2.24, 2.45) is 7.05 Å². The molecule has 0 bridgehead atoms. The molecule has 0 aliphatic carbocycles. The van der Waals surface area contributed by atoms with Gasteiger partial charge < -0.3 is 9.80 Å². The minimum atomic E-state index is -0.158. The van der Waals surface area contributed by atoms with E-state index in [-0.39, 0.29) is 24.4 Å². The number of nitrogens with zero attached hydrogens (tertiary/aromatic N) is 4. The molecule has 0 spiro atoms. The Labute approximate surface area is 158 Å². The predicted molar refractivity (Wildman–Crippen MR) is 102 cm³/mol. The highest BCUT2D eigenvalue weighted by Crippen LogP contribution is 2.24. The smallest absolute Gasteiger partial charge is 0.272 e. The third kappa shape index (κ3) is 3.60. The molecule has 1 aromatic heterocycles. The van der Waals surface area contributed by atoms with Crippen LogP contribution in [0.1, 0.15) is 36.5 Å². The molecule has 2 amide bonds. The van der Waals surface area contributed by atoms with E-state index in [1.54, 1.807) is 33.7 Å². The Morgan fingerprint density at radius 2 is 2.12 bits per heavy atom. The van der Waals surface area contributed by atoms with E-state index in [1.165, 1.54) is 0 Å². The van der Waals surface area contributed by atoms with E-state index >= 15 is 0 Å². The first kappa shape index (κ1) is 18.5. The molecule has 6 nitrogen and oxygen atoms in total. The van der Waals surface area contributed by atoms with Crippen molar-refractivity contribution in [1.82, 2.24) is 14.7 Å². The van der Waals surface area contributed by atoms with Crippen molar-refractivity contribution in [3.63, 3.8) is 0 Å². The molecule has 0 unspecified atom stereocenters. The molecule has 1 fully saturated rings. The number of hydrogen-bond donors (Lipinski definition) is 0. The lowest BCUT2D eigenvalue weighted by molar-refractivity contribution is -0.121. The Morgan fingerprint density at radius 1 is 1.35 bits per heavy atom. The molecular formula is C19H23ClN4O2. The fourth-order valence-corrected chi connectivity index (χ4v) is 3.45. The lowest BCUT2D eigenvalue weighted by Crippen LogP contribution is -2.57. The van der Waals surface area contributed by atoms with Crippen LogP contribution in [0.4, 0.5) is 5.69 Å². The highest BCUT2D eigenvalue weighted by Gasteiger charge is 2.34. The SMILES string of the molecule is CCCc1cc(C(=O)N2CC(=O)N(c3cccc(Cl)c3)C[C@H]2C)n(C)n1. The molecule has 1 aliphatic rings. The summed E-state index contributed by atoms with van der Waals surface area (Å²) in [6.07, 6.45) is 1.80. The number of aryl methyl sites for hydroxylation is 2. The van der Waals surface area contributed by atoms with E-state index in [0.717, 1.165) is 24.2 Å². The second-order valence-electron chi connectivity index (χ2n) is 6.66. The van der Waals surface area contributed by atoms with Crippen LogP contribution in [0.5, 0.6) is 0 Å². The Kier molecular flexibility index (Phi) is 5.32. The average Bonchev–Trinajstić information content (AvgIpc) is 2.96. The summed E-state index contributed by atoms with van der Waals surface area (Å²) in [6, 6.07) is 8.93. The highest BCUT2D eigenvalue weighted by atomic mass is 35.5. The molecule has 1 saturated heterocycles. The van der Waals surface area contributed by atoms with Crippen molar-refractivity contribution in [3.05, 3.63) is 46.7 Å². The summed E-state index contributed by atoms with van der Waals surface area (Å²) < 4.78 is 1.61. The maximum atomic E-state index is 13.0. The molecular weight excluding hydrogens is 352 g/mol. The Morgan fingerprint density at radius 3 is 2.81 bits per heavy atom. The van der Waals surface area contributed by atoms with E-state index in [4.69, 9.17) is 11.6 Å². The Balaban J connectivity index is 1.79. The fourth-order valence-electron chi connectivity index (χ4n) is 3.27. The minimum Gasteiger partial charge on any atom is -0.323 e. The largest absolute Gasteiger partial charge is 0.323 e. The third-order valence-electron chi connectivity index (χ3n) is 4.62. The van der Waals surface area contributed by atoms with Gasteiger partial charge >= 0.3 is 0 Å². The average molecular weight is 375 g/mol. The minimum absolute atomic E-state index is 0.0425. The van der Waals surface area contributed by atoms with Gasteiger partial charge in [-0.05, 0) is 37.6 Å². The van der Waals surface area contributed by atoms with Gasteiger partial charge in [0.15, 0.2) is 0 Å². The van der Waals surface area contributed by atoms with Gasteiger partial charge in [-0.1, -0.05) is 31.0 Å². The van der Waals surface area contributed by atoms with E-state index in [1.807, 2.05) is 25.1 Å². The monoisotopic (exact) mass is 374 g/mol. The van der Waals surface area contributed by atoms with Gasteiger partial charge in [0, 0.05) is 30.3 Å². The van der Waals surface area contributed by atoms with Gasteiger partial charge in [0.25, 0.3) is 5.91 Å². The molecule has 0 N–H and O–H groups in total. The van der Waals surface area contributed by atoms with E-state index in [0.29, 0.717) is 17.3 Å². The van der Waals surface area contributed by atoms with Crippen LogP contribution < -0.4 is 4.90 Å². The molecule has 26 heavy (non-hydrogen) atoms. The van der Waals surface area contributed by atoms with Crippen LogP contribution in [0.2, 0.25) is 5.02 Å². The van der Waals surface area contributed by atoms with Crippen LogP contribution in [-0.4, -0.2) is 45.6 Å². The Hall–Kier alpha value is -2.34. The summed E-state index contributed by atoms with van der Waals surface area (Å²) in [4.78, 5) is 28.9. The van der Waals surface area contributed by atoms with Crippen molar-refractivity contribution in [1.29, 1.82) is 0 Å². The van der Waals surface area contributed by atoms with Crippen LogP contribution in [0.25, 0.3) is 0 Å². The molecule has 7 heteroatoms. The lowest BCUT2D eigenvalue weighted by atomic mass is 10.1. The number of benzene rings is 1. The van der Waals surface area contributed by atoms with E-state index < -0.39 is 0 Å². The first-order chi connectivity index (χ1) is 12.4. The molecule has 0 radical (unpaired) electrons. The van der Waals surface area contributed by atoms with Crippen molar-refractivity contribution in [2.75, 3.05) is 18.0 Å². The maximum Gasteiger partial charge on any atom is 0.272 e. The van der Waals surface area contributed by atoms with Crippen LogP contribution in [0.15, 0.2) is 30.3 Å². The van der Waals surface area contributed by atoms with Gasteiger partial charge in [0.05, 0.1) is 5.69 Å². The number of halogens is 1. The summed E-state index contributed by atoms with van der Waals surface area (Å²) in [5, 5.41) is 4.97. The number of carbonyl (C=O) groups is 2. The maximum absolute atomic E-state index is 13.0. The second kappa shape index (κ2) is 7.50. The van der Waals surface area contributed by atoms with Crippen molar-refractivity contribution in [2.45, 2.75) is 32.7 Å². The van der Waals surface area contributed by atoms with E-state index in [2.05, 4.69) is 12.0 Å². The quantitative estimate of drug-likeness (QED) is 0.826. The van der Waals surface area contributed by atoms with Gasteiger partial charge in [0.2, 0.25) is 5.91 Å². The zero-order valence-electron chi connectivity index (χ0n) is 15.3. The predicted octanol–water partition coefficient (Wildman–Crippen LogP) is 2.90. The van der Waals surface area contributed by atoms with Gasteiger partial charge in [-0.3, -0.25) is 14.3 Å². The standard InChI is InChI=1S/C19H23ClN4O2/c1-4-6-15-10-17(22(3)21-15)19(26)23-12-18(25)24(11-13(23)2)16-8-5-7-14(20)9-16/h5,7-10,13H,4,6,11-12H2,1-3H3/t13-/m1/s1.